The fourth-order valence-electron chi connectivity index (χ4n) is 2.81. The number of nitro groups is 1. The number of carbonyl (C=O) groups excluding carboxylic acids is 3. The molecule has 0 spiro atoms. The molecule has 3 rings (SSSR count). The highest BCUT2D eigenvalue weighted by atomic mass is 32.1. The number of aryl methyl sites for hydroxylation is 1. The van der Waals surface area contributed by atoms with Gasteiger partial charge in [-0.25, -0.2) is 9.59 Å². The Balaban J connectivity index is 1.64. The molecule has 11 heteroatoms. The van der Waals surface area contributed by atoms with E-state index < -0.39 is 29.4 Å². The lowest BCUT2D eigenvalue weighted by molar-refractivity contribution is -0.380. The third-order valence-electron chi connectivity index (χ3n) is 3.96. The fraction of sp³-hybridized carbons (Fsp3) is 0.353. The molecule has 148 valence electrons. The molecule has 0 unspecified atom stereocenters. The second-order valence-corrected chi connectivity index (χ2v) is 7.97. The zero-order valence-electron chi connectivity index (χ0n) is 14.8. The van der Waals surface area contributed by atoms with E-state index >= 15 is 0 Å². The molecule has 2 aromatic rings. The van der Waals surface area contributed by atoms with Crippen molar-refractivity contribution in [1.29, 1.82) is 0 Å². The average molecular weight is 424 g/mol. The molecule has 9 nitrogen and oxygen atoms in total. The second-order valence-electron chi connectivity index (χ2n) is 5.80. The number of carbonyl (C=O) groups is 3. The summed E-state index contributed by atoms with van der Waals surface area (Å²) in [6.07, 6.45) is 2.54. The molecule has 1 N–H and O–H groups in total. The topological polar surface area (TPSA) is 125 Å². The SMILES string of the molecule is CCOC(=O)c1c(NC(=O)COC(=O)c2ccc([N+](=O)[O-])s2)sc2c1CCC2. The Morgan fingerprint density at radius 2 is 1.96 bits per heavy atom. The van der Waals surface area contributed by atoms with Gasteiger partial charge in [0.2, 0.25) is 0 Å². The van der Waals surface area contributed by atoms with Gasteiger partial charge >= 0.3 is 16.9 Å². The number of amides is 1. The molecular weight excluding hydrogens is 408 g/mol. The molecule has 2 aromatic heterocycles. The molecule has 0 fully saturated rings. The molecule has 1 aliphatic carbocycles. The Hall–Kier alpha value is -2.79. The molecule has 0 aliphatic heterocycles. The van der Waals surface area contributed by atoms with Crippen LogP contribution in [0.3, 0.4) is 0 Å². The Morgan fingerprint density at radius 1 is 1.18 bits per heavy atom. The second kappa shape index (κ2) is 8.48. The average Bonchev–Trinajstić information content (AvgIpc) is 3.35. The number of hydrogen-bond acceptors (Lipinski definition) is 9. The van der Waals surface area contributed by atoms with Gasteiger partial charge in [-0.05, 0) is 37.8 Å². The summed E-state index contributed by atoms with van der Waals surface area (Å²) in [5.41, 5.74) is 1.27. The van der Waals surface area contributed by atoms with Crippen molar-refractivity contribution < 1.29 is 28.8 Å². The summed E-state index contributed by atoms with van der Waals surface area (Å²) < 4.78 is 9.99. The molecule has 0 aromatic carbocycles. The third-order valence-corrected chi connectivity index (χ3v) is 6.19. The van der Waals surface area contributed by atoms with Crippen LogP contribution in [0.4, 0.5) is 10.0 Å². The van der Waals surface area contributed by atoms with Crippen molar-refractivity contribution in [2.75, 3.05) is 18.5 Å². The molecule has 0 saturated carbocycles. The van der Waals surface area contributed by atoms with E-state index in [0.717, 1.165) is 29.7 Å². The van der Waals surface area contributed by atoms with Crippen LogP contribution in [0.2, 0.25) is 0 Å². The van der Waals surface area contributed by atoms with Gasteiger partial charge in [0.25, 0.3) is 5.91 Å². The normalized spacial score (nSPS) is 12.3. The van der Waals surface area contributed by atoms with Gasteiger partial charge in [0.05, 0.1) is 17.1 Å². The van der Waals surface area contributed by atoms with Crippen molar-refractivity contribution >= 4 is 50.5 Å². The quantitative estimate of drug-likeness (QED) is 0.411. The van der Waals surface area contributed by atoms with Crippen LogP contribution in [0.5, 0.6) is 0 Å². The molecule has 1 aliphatic rings. The number of ether oxygens (including phenoxy) is 2. The summed E-state index contributed by atoms with van der Waals surface area (Å²) in [7, 11) is 0. The zero-order valence-corrected chi connectivity index (χ0v) is 16.4. The molecule has 28 heavy (non-hydrogen) atoms. The monoisotopic (exact) mass is 424 g/mol. The summed E-state index contributed by atoms with van der Waals surface area (Å²) in [4.78, 5) is 47.5. The predicted octanol–water partition coefficient (Wildman–Crippen LogP) is 3.18. The number of nitrogens with zero attached hydrogens (tertiary/aromatic N) is 1. The van der Waals surface area contributed by atoms with E-state index in [1.54, 1.807) is 6.92 Å². The van der Waals surface area contributed by atoms with E-state index in [1.165, 1.54) is 23.5 Å². The highest BCUT2D eigenvalue weighted by molar-refractivity contribution is 7.17. The maximum absolute atomic E-state index is 12.3. The van der Waals surface area contributed by atoms with Crippen molar-refractivity contribution in [3.8, 4) is 0 Å². The first-order chi connectivity index (χ1) is 13.4. The van der Waals surface area contributed by atoms with E-state index in [0.29, 0.717) is 21.9 Å². The molecule has 0 atom stereocenters. The summed E-state index contributed by atoms with van der Waals surface area (Å²) in [6.45, 7) is 1.36. The minimum Gasteiger partial charge on any atom is -0.462 e. The highest BCUT2D eigenvalue weighted by Gasteiger charge is 2.28. The van der Waals surface area contributed by atoms with E-state index in [1.807, 2.05) is 0 Å². The van der Waals surface area contributed by atoms with Crippen molar-refractivity contribution in [1.82, 2.24) is 0 Å². The van der Waals surface area contributed by atoms with E-state index in [2.05, 4.69) is 5.32 Å². The molecular formula is C17H16N2O7S2. The first kappa shape index (κ1) is 20.0. The van der Waals surface area contributed by atoms with Crippen LogP contribution in [-0.4, -0.2) is 36.0 Å². The predicted molar refractivity (Wildman–Crippen MR) is 102 cm³/mol. The van der Waals surface area contributed by atoms with Gasteiger partial charge in [-0.1, -0.05) is 11.3 Å². The first-order valence-electron chi connectivity index (χ1n) is 8.43. The van der Waals surface area contributed by atoms with Gasteiger partial charge in [-0.15, -0.1) is 11.3 Å². The number of thiophene rings is 2. The third kappa shape index (κ3) is 4.20. The van der Waals surface area contributed by atoms with E-state index in [-0.39, 0.29) is 16.5 Å². The summed E-state index contributed by atoms with van der Waals surface area (Å²) >= 11 is 1.99. The minimum absolute atomic E-state index is 0.0295. The number of rotatable bonds is 7. The summed E-state index contributed by atoms with van der Waals surface area (Å²) in [5.74, 6) is -1.92. The van der Waals surface area contributed by atoms with E-state index in [4.69, 9.17) is 9.47 Å². The van der Waals surface area contributed by atoms with Crippen LogP contribution in [-0.2, 0) is 27.1 Å². The first-order valence-corrected chi connectivity index (χ1v) is 10.1. The fourth-order valence-corrected chi connectivity index (χ4v) is 4.82. The highest BCUT2D eigenvalue weighted by Crippen LogP contribution is 2.39. The van der Waals surface area contributed by atoms with Crippen LogP contribution in [0.25, 0.3) is 0 Å². The zero-order chi connectivity index (χ0) is 20.3. The summed E-state index contributed by atoms with van der Waals surface area (Å²) in [6, 6.07) is 2.46. The van der Waals surface area contributed by atoms with Crippen LogP contribution in [0.15, 0.2) is 12.1 Å². The van der Waals surface area contributed by atoms with Gasteiger partial charge in [0, 0.05) is 10.9 Å². The molecule has 0 bridgehead atoms. The van der Waals surface area contributed by atoms with E-state index in [9.17, 15) is 24.5 Å². The van der Waals surface area contributed by atoms with Gasteiger partial charge in [-0.2, -0.15) is 0 Å². The molecule has 1 amide bonds. The van der Waals surface area contributed by atoms with Crippen LogP contribution < -0.4 is 5.32 Å². The summed E-state index contributed by atoms with van der Waals surface area (Å²) in [5, 5.41) is 13.5. The minimum atomic E-state index is -0.826. The largest absolute Gasteiger partial charge is 0.462 e. The molecule has 0 saturated heterocycles. The number of fused-ring (bicyclic) bond motifs is 1. The smallest absolute Gasteiger partial charge is 0.349 e. The van der Waals surface area contributed by atoms with Crippen molar-refractivity contribution in [2.45, 2.75) is 26.2 Å². The van der Waals surface area contributed by atoms with Crippen molar-refractivity contribution in [2.24, 2.45) is 0 Å². The van der Waals surface area contributed by atoms with Crippen LogP contribution in [0.1, 0.15) is 43.8 Å². The number of esters is 2. The van der Waals surface area contributed by atoms with Crippen molar-refractivity contribution in [3.05, 3.63) is 43.1 Å². The Labute approximate surface area is 167 Å². The van der Waals surface area contributed by atoms with Crippen LogP contribution in [0, 0.1) is 10.1 Å². The number of nitrogens with one attached hydrogen (secondary N) is 1. The van der Waals surface area contributed by atoms with Gasteiger partial charge < -0.3 is 14.8 Å². The Bertz CT molecular complexity index is 947. The lowest BCUT2D eigenvalue weighted by atomic mass is 10.1. The maximum Gasteiger partial charge on any atom is 0.349 e. The number of hydrogen-bond donors (Lipinski definition) is 1. The lowest BCUT2D eigenvalue weighted by Crippen LogP contribution is -2.21. The Kier molecular flexibility index (Phi) is 6.05. The van der Waals surface area contributed by atoms with Gasteiger partial charge in [0.1, 0.15) is 9.88 Å². The maximum atomic E-state index is 12.3. The van der Waals surface area contributed by atoms with Gasteiger partial charge in [-0.3, -0.25) is 14.9 Å². The molecule has 2 heterocycles. The van der Waals surface area contributed by atoms with Crippen LogP contribution >= 0.6 is 22.7 Å². The molecule has 0 radical (unpaired) electrons. The standard InChI is InChI=1S/C17H16N2O7S2/c1-2-25-17(22)14-9-4-3-5-10(9)28-15(14)18-12(20)8-26-16(21)11-6-7-13(27-11)19(23)24/h6-7H,2-5,8H2,1H3,(H,18,20). The number of anilines is 1. The lowest BCUT2D eigenvalue weighted by Gasteiger charge is -2.08. The van der Waals surface area contributed by atoms with Gasteiger partial charge in [0.15, 0.2) is 6.61 Å². The van der Waals surface area contributed by atoms with Crippen molar-refractivity contribution in [3.63, 3.8) is 0 Å². The Morgan fingerprint density at radius 3 is 2.64 bits per heavy atom.